The van der Waals surface area contributed by atoms with Gasteiger partial charge in [0, 0.05) is 20.9 Å². The first-order valence-electron chi connectivity index (χ1n) is 11.3. The Morgan fingerprint density at radius 3 is 2.39 bits per heavy atom. The van der Waals surface area contributed by atoms with Gasteiger partial charge >= 0.3 is 0 Å². The number of halogens is 1. The maximum absolute atomic E-state index is 9.40. The summed E-state index contributed by atoms with van der Waals surface area (Å²) in [7, 11) is 0. The van der Waals surface area contributed by atoms with Crippen LogP contribution in [0.15, 0.2) is 89.4 Å². The average molecular weight is 493 g/mol. The standard InChI is InChI=1S/C30H25BrN2/c1-4-30(2,3)23-12-13-29-27(18-23)26-10-5-6-11-28(26)33(29)25-9-7-8-21(17-25)22-14-20(19-32)15-24(31)16-22/h5-18H,4H2,1-3H3. The number of rotatable bonds is 4. The molecular weight excluding hydrogens is 468 g/mol. The number of para-hydroxylation sites is 1. The number of nitriles is 1. The summed E-state index contributed by atoms with van der Waals surface area (Å²) in [5.74, 6) is 0. The van der Waals surface area contributed by atoms with Crippen LogP contribution in [0.5, 0.6) is 0 Å². The van der Waals surface area contributed by atoms with Crippen molar-refractivity contribution in [3.63, 3.8) is 0 Å². The Hall–Kier alpha value is -3.35. The van der Waals surface area contributed by atoms with Crippen molar-refractivity contribution in [2.75, 3.05) is 0 Å². The summed E-state index contributed by atoms with van der Waals surface area (Å²) in [6, 6.07) is 32.2. The molecule has 0 saturated heterocycles. The van der Waals surface area contributed by atoms with Gasteiger partial charge < -0.3 is 4.57 Å². The molecule has 3 heteroatoms. The van der Waals surface area contributed by atoms with E-state index >= 15 is 0 Å². The van der Waals surface area contributed by atoms with Crippen LogP contribution in [-0.2, 0) is 5.41 Å². The van der Waals surface area contributed by atoms with Crippen LogP contribution in [0.2, 0.25) is 0 Å². The van der Waals surface area contributed by atoms with Gasteiger partial charge in [0.05, 0.1) is 22.7 Å². The van der Waals surface area contributed by atoms with Crippen molar-refractivity contribution in [3.8, 4) is 22.9 Å². The highest BCUT2D eigenvalue weighted by molar-refractivity contribution is 9.10. The van der Waals surface area contributed by atoms with Gasteiger partial charge in [-0.2, -0.15) is 5.26 Å². The maximum Gasteiger partial charge on any atom is 0.0992 e. The minimum absolute atomic E-state index is 0.135. The Bertz CT molecular complexity index is 1550. The number of nitrogens with zero attached hydrogens (tertiary/aromatic N) is 2. The Morgan fingerprint density at radius 1 is 0.818 bits per heavy atom. The first-order valence-corrected chi connectivity index (χ1v) is 12.1. The molecule has 0 aliphatic rings. The summed E-state index contributed by atoms with van der Waals surface area (Å²) in [5.41, 5.74) is 7.77. The minimum Gasteiger partial charge on any atom is -0.309 e. The molecule has 0 spiro atoms. The molecule has 4 aromatic carbocycles. The second kappa shape index (κ2) is 8.21. The topological polar surface area (TPSA) is 28.7 Å². The Morgan fingerprint density at radius 2 is 1.61 bits per heavy atom. The third-order valence-electron chi connectivity index (χ3n) is 6.80. The van der Waals surface area contributed by atoms with Gasteiger partial charge in [-0.25, -0.2) is 0 Å². The molecule has 0 N–H and O–H groups in total. The second-order valence-electron chi connectivity index (χ2n) is 9.21. The summed E-state index contributed by atoms with van der Waals surface area (Å²) >= 11 is 3.55. The number of hydrogen-bond acceptors (Lipinski definition) is 1. The molecule has 0 aliphatic heterocycles. The van der Waals surface area contributed by atoms with Crippen LogP contribution >= 0.6 is 15.9 Å². The van der Waals surface area contributed by atoms with Crippen molar-refractivity contribution in [2.45, 2.75) is 32.6 Å². The molecule has 0 fully saturated rings. The van der Waals surface area contributed by atoms with Crippen LogP contribution in [0.25, 0.3) is 38.6 Å². The van der Waals surface area contributed by atoms with E-state index in [9.17, 15) is 5.26 Å². The van der Waals surface area contributed by atoms with E-state index < -0.39 is 0 Å². The van der Waals surface area contributed by atoms with E-state index in [0.29, 0.717) is 5.56 Å². The van der Waals surface area contributed by atoms with E-state index in [2.05, 4.69) is 120 Å². The lowest BCUT2D eigenvalue weighted by Crippen LogP contribution is -2.15. The van der Waals surface area contributed by atoms with E-state index in [1.165, 1.54) is 27.4 Å². The molecule has 0 aliphatic carbocycles. The van der Waals surface area contributed by atoms with E-state index in [-0.39, 0.29) is 5.41 Å². The summed E-state index contributed by atoms with van der Waals surface area (Å²) in [5, 5.41) is 11.9. The Labute approximate surface area is 203 Å². The fraction of sp³-hybridized carbons (Fsp3) is 0.167. The second-order valence-corrected chi connectivity index (χ2v) is 10.1. The number of fused-ring (bicyclic) bond motifs is 3. The van der Waals surface area contributed by atoms with Crippen molar-refractivity contribution >= 4 is 37.7 Å². The Kier molecular flexibility index (Phi) is 5.35. The molecule has 5 aromatic rings. The zero-order valence-corrected chi connectivity index (χ0v) is 20.6. The number of aromatic nitrogens is 1. The van der Waals surface area contributed by atoms with E-state index in [1.54, 1.807) is 0 Å². The Balaban J connectivity index is 1.75. The molecule has 1 heterocycles. The molecule has 0 bridgehead atoms. The van der Waals surface area contributed by atoms with Crippen LogP contribution in [0.1, 0.15) is 38.3 Å². The number of hydrogen-bond donors (Lipinski definition) is 0. The van der Waals surface area contributed by atoms with Crippen LogP contribution in [0.3, 0.4) is 0 Å². The summed E-state index contributed by atoms with van der Waals surface area (Å²) in [4.78, 5) is 0. The predicted octanol–water partition coefficient (Wildman–Crippen LogP) is 8.77. The van der Waals surface area contributed by atoms with Crippen LogP contribution in [0.4, 0.5) is 0 Å². The summed E-state index contributed by atoms with van der Waals surface area (Å²) in [6.45, 7) is 6.87. The quantitative estimate of drug-likeness (QED) is 0.246. The predicted molar refractivity (Wildman–Crippen MR) is 142 cm³/mol. The lowest BCUT2D eigenvalue weighted by atomic mass is 9.82. The monoisotopic (exact) mass is 492 g/mol. The first kappa shape index (κ1) is 21.5. The fourth-order valence-corrected chi connectivity index (χ4v) is 5.01. The van der Waals surface area contributed by atoms with Crippen molar-refractivity contribution in [3.05, 3.63) is 101 Å². The SMILES string of the molecule is CCC(C)(C)c1ccc2c(c1)c1ccccc1n2-c1cccc(-c2cc(Br)cc(C#N)c2)c1. The largest absolute Gasteiger partial charge is 0.309 e. The van der Waals surface area contributed by atoms with Gasteiger partial charge in [-0.05, 0) is 77.1 Å². The van der Waals surface area contributed by atoms with Crippen molar-refractivity contribution in [1.82, 2.24) is 4.57 Å². The first-order chi connectivity index (χ1) is 15.9. The van der Waals surface area contributed by atoms with Crippen molar-refractivity contribution in [2.24, 2.45) is 0 Å². The van der Waals surface area contributed by atoms with Crippen LogP contribution < -0.4 is 0 Å². The van der Waals surface area contributed by atoms with Crippen LogP contribution in [-0.4, -0.2) is 4.57 Å². The van der Waals surface area contributed by atoms with E-state index in [4.69, 9.17) is 0 Å². The van der Waals surface area contributed by atoms with Gasteiger partial charge in [-0.1, -0.05) is 73.1 Å². The lowest BCUT2D eigenvalue weighted by Gasteiger charge is -2.23. The van der Waals surface area contributed by atoms with Gasteiger partial charge in [0.1, 0.15) is 0 Å². The highest BCUT2D eigenvalue weighted by atomic mass is 79.9. The molecule has 33 heavy (non-hydrogen) atoms. The third-order valence-corrected chi connectivity index (χ3v) is 7.26. The maximum atomic E-state index is 9.40. The highest BCUT2D eigenvalue weighted by Gasteiger charge is 2.20. The summed E-state index contributed by atoms with van der Waals surface area (Å²) in [6.07, 6.45) is 1.09. The van der Waals surface area contributed by atoms with Gasteiger partial charge in [0.2, 0.25) is 0 Å². The highest BCUT2D eigenvalue weighted by Crippen LogP contribution is 2.37. The molecule has 0 radical (unpaired) electrons. The molecule has 0 atom stereocenters. The fourth-order valence-electron chi connectivity index (χ4n) is 4.52. The van der Waals surface area contributed by atoms with Crippen LogP contribution in [0, 0.1) is 11.3 Å². The minimum atomic E-state index is 0.135. The zero-order valence-electron chi connectivity index (χ0n) is 19.1. The zero-order chi connectivity index (χ0) is 23.2. The van der Waals surface area contributed by atoms with Gasteiger partial charge in [0.15, 0.2) is 0 Å². The van der Waals surface area contributed by atoms with Gasteiger partial charge in [-0.15, -0.1) is 0 Å². The molecule has 0 unspecified atom stereocenters. The lowest BCUT2D eigenvalue weighted by molar-refractivity contribution is 0.507. The van der Waals surface area contributed by atoms with E-state index in [0.717, 1.165) is 27.7 Å². The molecule has 162 valence electrons. The average Bonchev–Trinajstić information content (AvgIpc) is 3.17. The molecule has 0 amide bonds. The number of benzene rings is 4. The van der Waals surface area contributed by atoms with Gasteiger partial charge in [-0.3, -0.25) is 0 Å². The molecule has 1 aromatic heterocycles. The molecule has 2 nitrogen and oxygen atoms in total. The normalized spacial score (nSPS) is 11.7. The molecule has 0 saturated carbocycles. The molecule has 5 rings (SSSR count). The van der Waals surface area contributed by atoms with Gasteiger partial charge in [0.25, 0.3) is 0 Å². The van der Waals surface area contributed by atoms with Crippen molar-refractivity contribution in [1.29, 1.82) is 5.26 Å². The summed E-state index contributed by atoms with van der Waals surface area (Å²) < 4.78 is 3.25. The molecular formula is C30H25BrN2. The third kappa shape index (κ3) is 3.75. The van der Waals surface area contributed by atoms with Crippen molar-refractivity contribution < 1.29 is 0 Å². The smallest absolute Gasteiger partial charge is 0.0992 e. The van der Waals surface area contributed by atoms with E-state index in [1.807, 2.05) is 12.1 Å².